The van der Waals surface area contributed by atoms with Crippen molar-refractivity contribution in [3.05, 3.63) is 52.7 Å². The van der Waals surface area contributed by atoms with E-state index < -0.39 is 53.1 Å². The van der Waals surface area contributed by atoms with Gasteiger partial charge in [-0.3, -0.25) is 4.68 Å². The van der Waals surface area contributed by atoms with Crippen molar-refractivity contribution in [1.82, 2.24) is 14.8 Å². The molecule has 3 N–H and O–H groups in total. The number of aromatic nitrogens is 3. The number of aliphatic hydroxyl groups excluding tert-OH is 1. The number of hydrogen-bond acceptors (Lipinski definition) is 3. The van der Waals surface area contributed by atoms with E-state index in [0.29, 0.717) is 4.68 Å². The molecule has 6 nitrogen and oxygen atoms in total. The minimum atomic E-state index is -4.89. The maximum absolute atomic E-state index is 14.3. The highest BCUT2D eigenvalue weighted by Gasteiger charge is 2.40. The second-order valence-corrected chi connectivity index (χ2v) is 6.70. The van der Waals surface area contributed by atoms with Crippen LogP contribution in [0.4, 0.5) is 17.6 Å². The van der Waals surface area contributed by atoms with Crippen LogP contribution in [0, 0.1) is 5.82 Å². The van der Waals surface area contributed by atoms with Gasteiger partial charge in [-0.1, -0.05) is 17.7 Å². The van der Waals surface area contributed by atoms with Crippen LogP contribution in [0.15, 0.2) is 30.6 Å². The first kappa shape index (κ1) is 20.9. The first-order valence-corrected chi connectivity index (χ1v) is 8.60. The van der Waals surface area contributed by atoms with Gasteiger partial charge in [0.2, 0.25) is 0 Å². The third-order valence-electron chi connectivity index (χ3n) is 4.14. The molecule has 0 saturated heterocycles. The van der Waals surface area contributed by atoms with Gasteiger partial charge in [0, 0.05) is 22.9 Å². The molecule has 0 aliphatic heterocycles. The molecule has 0 bridgehead atoms. The molecular weight excluding hydrogens is 418 g/mol. The Labute approximate surface area is 166 Å². The average molecular weight is 432 g/mol. The molecule has 0 amide bonds. The van der Waals surface area contributed by atoms with Gasteiger partial charge in [0.15, 0.2) is 5.69 Å². The second-order valence-electron chi connectivity index (χ2n) is 6.29. The first-order valence-electron chi connectivity index (χ1n) is 8.22. The number of nitrogens with zero attached hydrogens (tertiary/aromatic N) is 2. The molecule has 0 unspecified atom stereocenters. The van der Waals surface area contributed by atoms with Crippen molar-refractivity contribution in [1.29, 1.82) is 0 Å². The lowest BCUT2D eigenvalue weighted by Crippen LogP contribution is -2.21. The summed E-state index contributed by atoms with van der Waals surface area (Å²) in [4.78, 5) is 14.4. The van der Waals surface area contributed by atoms with E-state index in [9.17, 15) is 32.6 Å². The van der Waals surface area contributed by atoms with Crippen molar-refractivity contribution < 1.29 is 32.6 Å². The summed E-state index contributed by atoms with van der Waals surface area (Å²) in [5, 5.41) is 22.6. The van der Waals surface area contributed by atoms with Crippen molar-refractivity contribution in [2.24, 2.45) is 0 Å². The molecule has 0 aliphatic rings. The number of carbonyl (C=O) groups is 1. The minimum absolute atomic E-state index is 0.0982. The summed E-state index contributed by atoms with van der Waals surface area (Å²) in [5.41, 5.74) is -3.23. The number of aliphatic hydroxyl groups is 1. The molecule has 3 aromatic rings. The molecular formula is C18H14ClF4N3O3. The number of carboxylic acids is 1. The lowest BCUT2D eigenvalue weighted by Gasteiger charge is -2.14. The summed E-state index contributed by atoms with van der Waals surface area (Å²) >= 11 is 5.99. The molecule has 1 aromatic carbocycles. The predicted octanol–water partition coefficient (Wildman–Crippen LogP) is 4.44. The summed E-state index contributed by atoms with van der Waals surface area (Å²) in [6, 6.07) is 3.71. The van der Waals surface area contributed by atoms with Gasteiger partial charge in [0.05, 0.1) is 35.1 Å². The minimum Gasteiger partial charge on any atom is -0.478 e. The Bertz CT molecular complexity index is 1050. The van der Waals surface area contributed by atoms with E-state index in [1.165, 1.54) is 19.1 Å². The highest BCUT2D eigenvalue weighted by atomic mass is 35.5. The zero-order valence-corrected chi connectivity index (χ0v) is 15.5. The van der Waals surface area contributed by atoms with Crippen molar-refractivity contribution in [3.63, 3.8) is 0 Å². The lowest BCUT2D eigenvalue weighted by atomic mass is 9.99. The van der Waals surface area contributed by atoms with Crippen molar-refractivity contribution in [2.75, 3.05) is 0 Å². The Morgan fingerprint density at radius 1 is 1.34 bits per heavy atom. The third kappa shape index (κ3) is 3.85. The lowest BCUT2D eigenvalue weighted by molar-refractivity contribution is -0.144. The standard InChI is InChI=1S/C18H14ClF4N3O3/c1-8(27)7-26-16(18(21,22)23)10(6-25-26)15-14(17(28)29)9(5-24-15)13-11(19)3-2-4-12(13)20/h2-6,8,24,27H,7H2,1H3,(H,28,29)/t8-/m0/s1. The molecule has 2 aromatic heterocycles. The third-order valence-corrected chi connectivity index (χ3v) is 4.46. The van der Waals surface area contributed by atoms with Gasteiger partial charge in [-0.25, -0.2) is 9.18 Å². The molecule has 29 heavy (non-hydrogen) atoms. The monoisotopic (exact) mass is 431 g/mol. The maximum atomic E-state index is 14.3. The molecule has 2 heterocycles. The van der Waals surface area contributed by atoms with Gasteiger partial charge >= 0.3 is 12.1 Å². The van der Waals surface area contributed by atoms with Crippen LogP contribution in [0.3, 0.4) is 0 Å². The molecule has 11 heteroatoms. The topological polar surface area (TPSA) is 91.1 Å². The van der Waals surface area contributed by atoms with Crippen LogP contribution in [-0.4, -0.2) is 37.1 Å². The van der Waals surface area contributed by atoms with Crippen LogP contribution in [-0.2, 0) is 12.7 Å². The number of hydrogen-bond donors (Lipinski definition) is 3. The number of benzene rings is 1. The van der Waals surface area contributed by atoms with Crippen LogP contribution >= 0.6 is 11.6 Å². The fourth-order valence-corrected chi connectivity index (χ4v) is 3.33. The van der Waals surface area contributed by atoms with E-state index in [-0.39, 0.29) is 16.1 Å². The van der Waals surface area contributed by atoms with Gasteiger partial charge < -0.3 is 15.2 Å². The van der Waals surface area contributed by atoms with Gasteiger partial charge in [0.1, 0.15) is 5.82 Å². The molecule has 0 aliphatic carbocycles. The number of nitrogens with one attached hydrogen (secondary N) is 1. The first-order chi connectivity index (χ1) is 13.5. The van der Waals surface area contributed by atoms with E-state index in [2.05, 4.69) is 10.1 Å². The van der Waals surface area contributed by atoms with E-state index in [1.54, 1.807) is 0 Å². The molecule has 154 valence electrons. The molecule has 0 saturated carbocycles. The van der Waals surface area contributed by atoms with E-state index in [1.807, 2.05) is 0 Å². The summed E-state index contributed by atoms with van der Waals surface area (Å²) in [5.74, 6) is -2.40. The van der Waals surface area contributed by atoms with Crippen LogP contribution in [0.25, 0.3) is 22.4 Å². The molecule has 0 radical (unpaired) electrons. The predicted molar refractivity (Wildman–Crippen MR) is 96.1 cm³/mol. The Morgan fingerprint density at radius 3 is 2.59 bits per heavy atom. The zero-order valence-electron chi connectivity index (χ0n) is 14.8. The molecule has 0 fully saturated rings. The SMILES string of the molecule is C[C@H](O)Cn1ncc(-c2[nH]cc(-c3c(F)cccc3Cl)c2C(=O)O)c1C(F)(F)F. The fraction of sp³-hybridized carbons (Fsp3) is 0.222. The summed E-state index contributed by atoms with van der Waals surface area (Å²) in [7, 11) is 0. The molecule has 0 spiro atoms. The summed E-state index contributed by atoms with van der Waals surface area (Å²) < 4.78 is 55.9. The van der Waals surface area contributed by atoms with Crippen LogP contribution < -0.4 is 0 Å². The van der Waals surface area contributed by atoms with Gasteiger partial charge in [-0.15, -0.1) is 0 Å². The number of rotatable bonds is 5. The van der Waals surface area contributed by atoms with Crippen molar-refractivity contribution in [2.45, 2.75) is 25.7 Å². The van der Waals surface area contributed by atoms with Gasteiger partial charge in [-0.05, 0) is 19.1 Å². The largest absolute Gasteiger partial charge is 0.478 e. The van der Waals surface area contributed by atoms with Crippen molar-refractivity contribution >= 4 is 17.6 Å². The Kier molecular flexibility index (Phi) is 5.42. The highest BCUT2D eigenvalue weighted by Crippen LogP contribution is 2.42. The number of aromatic amines is 1. The number of H-pyrrole nitrogens is 1. The number of halogens is 5. The van der Waals surface area contributed by atoms with Crippen LogP contribution in [0.5, 0.6) is 0 Å². The Hall–Kier alpha value is -2.85. The number of carboxylic acid groups (broad SMARTS) is 1. The highest BCUT2D eigenvalue weighted by molar-refractivity contribution is 6.33. The van der Waals surface area contributed by atoms with Gasteiger partial charge in [-0.2, -0.15) is 18.3 Å². The summed E-state index contributed by atoms with van der Waals surface area (Å²) in [6.45, 7) is 0.834. The Morgan fingerprint density at radius 2 is 2.03 bits per heavy atom. The Balaban J connectivity index is 2.28. The van der Waals surface area contributed by atoms with E-state index in [0.717, 1.165) is 18.5 Å². The second kappa shape index (κ2) is 7.53. The maximum Gasteiger partial charge on any atom is 0.433 e. The fourth-order valence-electron chi connectivity index (χ4n) is 3.07. The van der Waals surface area contributed by atoms with E-state index in [4.69, 9.17) is 11.6 Å². The van der Waals surface area contributed by atoms with Crippen LogP contribution in [0.2, 0.25) is 5.02 Å². The quantitative estimate of drug-likeness (QED) is 0.521. The van der Waals surface area contributed by atoms with E-state index >= 15 is 0 Å². The number of aromatic carboxylic acids is 1. The summed E-state index contributed by atoms with van der Waals surface area (Å²) in [6.07, 6.45) is -4.10. The van der Waals surface area contributed by atoms with Crippen molar-refractivity contribution in [3.8, 4) is 22.4 Å². The molecule has 3 rings (SSSR count). The van der Waals surface area contributed by atoms with Crippen LogP contribution in [0.1, 0.15) is 23.0 Å². The zero-order chi connectivity index (χ0) is 21.5. The average Bonchev–Trinajstić information content (AvgIpc) is 3.17. The normalized spacial score (nSPS) is 12.9. The molecule has 1 atom stereocenters. The smallest absolute Gasteiger partial charge is 0.433 e. The number of alkyl halides is 3. The van der Waals surface area contributed by atoms with Gasteiger partial charge in [0.25, 0.3) is 0 Å².